The molecular formula is C12H15N7O3S. The highest BCUT2D eigenvalue weighted by Crippen LogP contribution is 2.15. The average Bonchev–Trinajstić information content (AvgIpc) is 2.86. The van der Waals surface area contributed by atoms with E-state index in [-0.39, 0.29) is 4.90 Å². The van der Waals surface area contributed by atoms with Crippen molar-refractivity contribution in [3.05, 3.63) is 35.7 Å². The molecule has 1 aromatic carbocycles. The fourth-order valence-corrected chi connectivity index (χ4v) is 2.39. The number of hydrazone groups is 1. The Morgan fingerprint density at radius 1 is 1.30 bits per heavy atom. The van der Waals surface area contributed by atoms with Crippen LogP contribution in [0.4, 0.5) is 4.79 Å². The molecule has 0 aliphatic rings. The van der Waals surface area contributed by atoms with Gasteiger partial charge in [-0.15, -0.1) is 5.10 Å². The third-order valence-corrected chi connectivity index (χ3v) is 3.91. The number of nitrogens with zero attached hydrogens (tertiary/aromatic N) is 4. The van der Waals surface area contributed by atoms with Gasteiger partial charge in [-0.2, -0.15) is 5.10 Å². The van der Waals surface area contributed by atoms with Crippen LogP contribution >= 0.6 is 0 Å². The summed E-state index contributed by atoms with van der Waals surface area (Å²) in [5, 5.41) is 16.8. The van der Waals surface area contributed by atoms with E-state index in [4.69, 9.17) is 10.9 Å². The van der Waals surface area contributed by atoms with Gasteiger partial charge in [0, 0.05) is 0 Å². The molecule has 122 valence electrons. The van der Waals surface area contributed by atoms with Crippen molar-refractivity contribution in [3.63, 3.8) is 0 Å². The molecule has 10 nitrogen and oxygen atoms in total. The van der Waals surface area contributed by atoms with Gasteiger partial charge in [0.1, 0.15) is 5.69 Å². The Balaban J connectivity index is 2.36. The molecule has 2 rings (SSSR count). The molecular weight excluding hydrogens is 322 g/mol. The largest absolute Gasteiger partial charge is 0.350 e. The lowest BCUT2D eigenvalue weighted by Gasteiger charge is -2.05. The lowest BCUT2D eigenvalue weighted by atomic mass is 10.2. The molecule has 0 spiro atoms. The molecule has 0 saturated heterocycles. The first-order valence-electron chi connectivity index (χ1n) is 6.36. The Bertz CT molecular complexity index is 869. The number of nitrogens with one attached hydrogen (secondary N) is 1. The number of primary sulfonamides is 1. The molecule has 0 radical (unpaired) electrons. The third kappa shape index (κ3) is 3.70. The van der Waals surface area contributed by atoms with Crippen molar-refractivity contribution in [3.8, 4) is 5.69 Å². The smallest absolute Gasteiger partial charge is 0.332 e. The minimum Gasteiger partial charge on any atom is -0.350 e. The highest BCUT2D eigenvalue weighted by atomic mass is 32.2. The molecule has 0 atom stereocenters. The van der Waals surface area contributed by atoms with Crippen molar-refractivity contribution in [1.82, 2.24) is 20.4 Å². The molecule has 1 aromatic heterocycles. The van der Waals surface area contributed by atoms with Crippen molar-refractivity contribution in [2.45, 2.75) is 18.7 Å². The normalized spacial score (nSPS) is 12.2. The summed E-state index contributed by atoms with van der Waals surface area (Å²) < 4.78 is 24.0. The fourth-order valence-electron chi connectivity index (χ4n) is 1.88. The summed E-state index contributed by atoms with van der Waals surface area (Å²) in [5.41, 5.74) is 9.20. The fraction of sp³-hybridized carbons (Fsp3) is 0.167. The van der Waals surface area contributed by atoms with Gasteiger partial charge in [-0.1, -0.05) is 5.21 Å². The van der Waals surface area contributed by atoms with Gasteiger partial charge >= 0.3 is 6.03 Å². The Kier molecular flexibility index (Phi) is 4.43. The van der Waals surface area contributed by atoms with Gasteiger partial charge in [0.2, 0.25) is 10.0 Å². The van der Waals surface area contributed by atoms with Crippen LogP contribution in [-0.4, -0.2) is 35.2 Å². The molecule has 0 fully saturated rings. The number of carbonyl (C=O) groups excluding carboxylic acids is 1. The van der Waals surface area contributed by atoms with Crippen LogP contribution in [0.15, 0.2) is 34.3 Å². The number of hydrogen-bond acceptors (Lipinski definition) is 6. The highest BCUT2D eigenvalue weighted by Gasteiger charge is 2.14. The summed E-state index contributed by atoms with van der Waals surface area (Å²) in [6.07, 6.45) is 0. The number of primary amides is 1. The van der Waals surface area contributed by atoms with Gasteiger partial charge in [0.05, 0.1) is 22.0 Å². The lowest BCUT2D eigenvalue weighted by Crippen LogP contribution is -2.25. The molecule has 2 aromatic rings. The first-order valence-corrected chi connectivity index (χ1v) is 7.90. The van der Waals surface area contributed by atoms with E-state index < -0.39 is 16.1 Å². The van der Waals surface area contributed by atoms with E-state index >= 15 is 0 Å². The predicted molar refractivity (Wildman–Crippen MR) is 82.4 cm³/mol. The van der Waals surface area contributed by atoms with E-state index in [1.54, 1.807) is 26.0 Å². The summed E-state index contributed by atoms with van der Waals surface area (Å²) >= 11 is 0. The third-order valence-electron chi connectivity index (χ3n) is 2.98. The molecule has 11 heteroatoms. The van der Waals surface area contributed by atoms with Crippen LogP contribution in [0.25, 0.3) is 5.69 Å². The van der Waals surface area contributed by atoms with Crippen LogP contribution in [-0.2, 0) is 10.0 Å². The van der Waals surface area contributed by atoms with Gasteiger partial charge in [0.15, 0.2) is 0 Å². The molecule has 5 N–H and O–H groups in total. The van der Waals surface area contributed by atoms with Crippen molar-refractivity contribution < 1.29 is 13.2 Å². The topological polar surface area (TPSA) is 158 Å². The number of aromatic nitrogens is 3. The molecule has 0 aliphatic carbocycles. The van der Waals surface area contributed by atoms with E-state index in [9.17, 15) is 13.2 Å². The highest BCUT2D eigenvalue weighted by molar-refractivity contribution is 7.89. The zero-order chi connectivity index (χ0) is 17.2. The Hall–Kier alpha value is -2.79. The van der Waals surface area contributed by atoms with E-state index in [2.05, 4.69) is 20.8 Å². The molecule has 0 saturated carbocycles. The Labute approximate surface area is 132 Å². The summed E-state index contributed by atoms with van der Waals surface area (Å²) in [6.45, 7) is 3.40. The molecule has 1 heterocycles. The number of amides is 2. The first-order chi connectivity index (χ1) is 10.7. The second kappa shape index (κ2) is 6.14. The molecule has 0 unspecified atom stereocenters. The Morgan fingerprint density at radius 2 is 1.91 bits per heavy atom. The number of benzene rings is 1. The van der Waals surface area contributed by atoms with E-state index in [0.717, 1.165) is 0 Å². The number of sulfonamides is 1. The number of nitrogens with two attached hydrogens (primary N) is 2. The quantitative estimate of drug-likeness (QED) is 0.511. The Morgan fingerprint density at radius 3 is 2.43 bits per heavy atom. The van der Waals surface area contributed by atoms with E-state index in [0.29, 0.717) is 22.8 Å². The van der Waals surface area contributed by atoms with Crippen LogP contribution in [0.5, 0.6) is 0 Å². The van der Waals surface area contributed by atoms with Crippen molar-refractivity contribution in [2.24, 2.45) is 16.0 Å². The van der Waals surface area contributed by atoms with Crippen LogP contribution in [0, 0.1) is 6.92 Å². The number of rotatable bonds is 4. The van der Waals surface area contributed by atoms with Gasteiger partial charge in [-0.3, -0.25) is 0 Å². The molecule has 23 heavy (non-hydrogen) atoms. The minimum atomic E-state index is -3.75. The monoisotopic (exact) mass is 337 g/mol. The van der Waals surface area contributed by atoms with Gasteiger partial charge in [0.25, 0.3) is 0 Å². The number of urea groups is 1. The number of hydrogen-bond donors (Lipinski definition) is 3. The summed E-state index contributed by atoms with van der Waals surface area (Å²) in [5.74, 6) is 0. The van der Waals surface area contributed by atoms with E-state index in [1.165, 1.54) is 16.8 Å². The maximum atomic E-state index is 11.3. The average molecular weight is 337 g/mol. The first kappa shape index (κ1) is 16.6. The van der Waals surface area contributed by atoms with Crippen molar-refractivity contribution in [2.75, 3.05) is 0 Å². The maximum Gasteiger partial charge on any atom is 0.332 e. The second-order valence-electron chi connectivity index (χ2n) is 4.65. The van der Waals surface area contributed by atoms with Crippen LogP contribution in [0.3, 0.4) is 0 Å². The molecule has 2 amide bonds. The predicted octanol–water partition coefficient (Wildman–Crippen LogP) is -0.385. The zero-order valence-corrected chi connectivity index (χ0v) is 13.2. The molecule has 0 bridgehead atoms. The van der Waals surface area contributed by atoms with Gasteiger partial charge in [-0.25, -0.2) is 28.5 Å². The van der Waals surface area contributed by atoms with Crippen LogP contribution in [0.2, 0.25) is 0 Å². The van der Waals surface area contributed by atoms with Gasteiger partial charge in [-0.05, 0) is 38.1 Å². The summed E-state index contributed by atoms with van der Waals surface area (Å²) in [7, 11) is -3.75. The lowest BCUT2D eigenvalue weighted by molar-refractivity contribution is 0.249. The molecule has 0 aliphatic heterocycles. The van der Waals surface area contributed by atoms with E-state index in [1.807, 2.05) is 0 Å². The zero-order valence-electron chi connectivity index (χ0n) is 12.4. The summed E-state index contributed by atoms with van der Waals surface area (Å²) in [6, 6.07) is 5.08. The summed E-state index contributed by atoms with van der Waals surface area (Å²) in [4.78, 5) is 10.7. The minimum absolute atomic E-state index is 0.00245. The SMILES string of the molecule is C/C(=N\NC(N)=O)c1nnn(-c2ccc(S(N)(=O)=O)cc2)c1C. The van der Waals surface area contributed by atoms with Crippen LogP contribution < -0.4 is 16.3 Å². The van der Waals surface area contributed by atoms with Crippen molar-refractivity contribution >= 4 is 21.8 Å². The second-order valence-corrected chi connectivity index (χ2v) is 6.21. The van der Waals surface area contributed by atoms with Crippen LogP contribution in [0.1, 0.15) is 18.3 Å². The number of carbonyl (C=O) groups is 1. The maximum absolute atomic E-state index is 11.3. The van der Waals surface area contributed by atoms with Gasteiger partial charge < -0.3 is 5.73 Å². The van der Waals surface area contributed by atoms with Crippen molar-refractivity contribution in [1.29, 1.82) is 0 Å². The standard InChI is InChI=1S/C12H15N7O3S/c1-7(15-17-12(13)20)11-8(2)19(18-16-11)9-3-5-10(6-4-9)23(14,21)22/h3-6H,1-2H3,(H3,13,17,20)(H2,14,21,22)/b15-7+.